The zero-order valence-corrected chi connectivity index (χ0v) is 8.66. The predicted octanol–water partition coefficient (Wildman–Crippen LogP) is 1.63. The maximum Gasteiger partial charge on any atom is 0.0701 e. The number of rotatable bonds is 5. The van der Waals surface area contributed by atoms with E-state index in [4.69, 9.17) is 9.84 Å². The van der Waals surface area contributed by atoms with Gasteiger partial charge in [0.1, 0.15) is 0 Å². The van der Waals surface area contributed by atoms with Gasteiger partial charge < -0.3 is 15.2 Å². The van der Waals surface area contributed by atoms with E-state index in [1.165, 1.54) is 0 Å². The summed E-state index contributed by atoms with van der Waals surface area (Å²) >= 11 is 0. The normalized spacial score (nSPS) is 12.5. The van der Waals surface area contributed by atoms with E-state index >= 15 is 0 Å². The smallest absolute Gasteiger partial charge is 0.0701 e. The highest BCUT2D eigenvalue weighted by molar-refractivity contribution is 5.51. The summed E-state index contributed by atoms with van der Waals surface area (Å²) in [4.78, 5) is 0. The first-order valence-electron chi connectivity index (χ1n) is 4.72. The van der Waals surface area contributed by atoms with Crippen LogP contribution in [0.1, 0.15) is 12.5 Å². The maximum absolute atomic E-state index is 9.09. The van der Waals surface area contributed by atoms with Crippen LogP contribution in [0.3, 0.4) is 0 Å². The number of hydrogen-bond donors (Lipinski definition) is 2. The van der Waals surface area contributed by atoms with Crippen LogP contribution in [0.5, 0.6) is 0 Å². The van der Waals surface area contributed by atoms with Gasteiger partial charge in [-0.1, -0.05) is 18.2 Å². The monoisotopic (exact) mass is 195 g/mol. The zero-order valence-electron chi connectivity index (χ0n) is 8.66. The molecule has 0 aliphatic carbocycles. The summed E-state index contributed by atoms with van der Waals surface area (Å²) in [7, 11) is 1.68. The summed E-state index contributed by atoms with van der Waals surface area (Å²) in [5.74, 6) is 0. The molecule has 0 spiro atoms. The fraction of sp³-hybridized carbons (Fsp3) is 0.455. The van der Waals surface area contributed by atoms with Crippen molar-refractivity contribution in [3.05, 3.63) is 29.8 Å². The highest BCUT2D eigenvalue weighted by Gasteiger charge is 2.04. The Kier molecular flexibility index (Phi) is 4.43. The third-order valence-corrected chi connectivity index (χ3v) is 2.01. The summed E-state index contributed by atoms with van der Waals surface area (Å²) in [6.07, 6.45) is 0. The molecular formula is C11H17NO2. The van der Waals surface area contributed by atoms with Crippen LogP contribution in [-0.2, 0) is 11.3 Å². The fourth-order valence-electron chi connectivity index (χ4n) is 1.36. The SMILES string of the molecule is COC[C@@H](C)Nc1ccccc1CO. The average Bonchev–Trinajstić information content (AvgIpc) is 2.19. The summed E-state index contributed by atoms with van der Waals surface area (Å²) in [6.45, 7) is 2.75. The van der Waals surface area contributed by atoms with Crippen LogP contribution in [0, 0.1) is 0 Å². The van der Waals surface area contributed by atoms with Crippen molar-refractivity contribution in [2.75, 3.05) is 19.0 Å². The Hall–Kier alpha value is -1.06. The van der Waals surface area contributed by atoms with Crippen LogP contribution in [0.2, 0.25) is 0 Å². The number of anilines is 1. The predicted molar refractivity (Wildman–Crippen MR) is 57.3 cm³/mol. The van der Waals surface area contributed by atoms with Gasteiger partial charge in [-0.2, -0.15) is 0 Å². The number of aliphatic hydroxyl groups is 1. The van der Waals surface area contributed by atoms with Gasteiger partial charge in [0.2, 0.25) is 0 Å². The molecule has 78 valence electrons. The zero-order chi connectivity index (χ0) is 10.4. The van der Waals surface area contributed by atoms with Crippen LogP contribution in [-0.4, -0.2) is 24.9 Å². The van der Waals surface area contributed by atoms with E-state index in [2.05, 4.69) is 5.32 Å². The molecule has 0 bridgehead atoms. The van der Waals surface area contributed by atoms with Crippen LogP contribution in [0.4, 0.5) is 5.69 Å². The van der Waals surface area contributed by atoms with E-state index in [0.717, 1.165) is 11.3 Å². The molecule has 0 heterocycles. The van der Waals surface area contributed by atoms with Gasteiger partial charge in [-0.15, -0.1) is 0 Å². The Morgan fingerprint density at radius 2 is 2.14 bits per heavy atom. The van der Waals surface area contributed by atoms with Crippen molar-refractivity contribution in [2.24, 2.45) is 0 Å². The molecular weight excluding hydrogens is 178 g/mol. The third kappa shape index (κ3) is 3.01. The second-order valence-corrected chi connectivity index (χ2v) is 3.32. The Balaban J connectivity index is 2.65. The molecule has 0 unspecified atom stereocenters. The second kappa shape index (κ2) is 5.62. The largest absolute Gasteiger partial charge is 0.392 e. The number of para-hydroxylation sites is 1. The van der Waals surface area contributed by atoms with E-state index in [1.54, 1.807) is 7.11 Å². The van der Waals surface area contributed by atoms with Gasteiger partial charge >= 0.3 is 0 Å². The Labute approximate surface area is 84.7 Å². The van der Waals surface area contributed by atoms with E-state index in [0.29, 0.717) is 6.61 Å². The molecule has 1 aromatic rings. The standard InChI is InChI=1S/C11H17NO2/c1-9(8-14-2)12-11-6-4-3-5-10(11)7-13/h3-6,9,12-13H,7-8H2,1-2H3/t9-/m1/s1. The molecule has 3 heteroatoms. The Bertz CT molecular complexity index is 276. The fourth-order valence-corrected chi connectivity index (χ4v) is 1.36. The van der Waals surface area contributed by atoms with Crippen LogP contribution in [0.25, 0.3) is 0 Å². The van der Waals surface area contributed by atoms with Crippen molar-refractivity contribution in [1.82, 2.24) is 0 Å². The average molecular weight is 195 g/mol. The highest BCUT2D eigenvalue weighted by atomic mass is 16.5. The molecule has 3 nitrogen and oxygen atoms in total. The van der Waals surface area contributed by atoms with E-state index in [1.807, 2.05) is 31.2 Å². The number of hydrogen-bond acceptors (Lipinski definition) is 3. The van der Waals surface area contributed by atoms with Gasteiger partial charge in [-0.05, 0) is 13.0 Å². The lowest BCUT2D eigenvalue weighted by Crippen LogP contribution is -2.21. The quantitative estimate of drug-likeness (QED) is 0.750. The van der Waals surface area contributed by atoms with Crippen molar-refractivity contribution in [3.63, 3.8) is 0 Å². The third-order valence-electron chi connectivity index (χ3n) is 2.01. The van der Waals surface area contributed by atoms with Crippen LogP contribution in [0.15, 0.2) is 24.3 Å². The topological polar surface area (TPSA) is 41.5 Å². The number of aliphatic hydroxyl groups excluding tert-OH is 1. The highest BCUT2D eigenvalue weighted by Crippen LogP contribution is 2.15. The summed E-state index contributed by atoms with van der Waals surface area (Å²) in [5.41, 5.74) is 1.88. The Morgan fingerprint density at radius 1 is 1.43 bits per heavy atom. The number of nitrogens with one attached hydrogen (secondary N) is 1. The number of ether oxygens (including phenoxy) is 1. The lowest BCUT2D eigenvalue weighted by molar-refractivity contribution is 0.190. The molecule has 0 aliphatic rings. The number of benzene rings is 1. The lowest BCUT2D eigenvalue weighted by Gasteiger charge is -2.16. The van der Waals surface area contributed by atoms with Gasteiger partial charge in [0, 0.05) is 24.4 Å². The van der Waals surface area contributed by atoms with E-state index < -0.39 is 0 Å². The minimum atomic E-state index is 0.0584. The Morgan fingerprint density at radius 3 is 2.79 bits per heavy atom. The molecule has 0 amide bonds. The van der Waals surface area contributed by atoms with Crippen molar-refractivity contribution in [2.45, 2.75) is 19.6 Å². The molecule has 1 rings (SSSR count). The molecule has 14 heavy (non-hydrogen) atoms. The molecule has 0 saturated carbocycles. The number of methoxy groups -OCH3 is 1. The van der Waals surface area contributed by atoms with Crippen molar-refractivity contribution in [3.8, 4) is 0 Å². The molecule has 0 radical (unpaired) electrons. The van der Waals surface area contributed by atoms with E-state index in [9.17, 15) is 0 Å². The van der Waals surface area contributed by atoms with Crippen molar-refractivity contribution < 1.29 is 9.84 Å². The van der Waals surface area contributed by atoms with Gasteiger partial charge in [0.05, 0.1) is 13.2 Å². The van der Waals surface area contributed by atoms with Crippen LogP contribution >= 0.6 is 0 Å². The molecule has 1 aromatic carbocycles. The molecule has 2 N–H and O–H groups in total. The van der Waals surface area contributed by atoms with Crippen molar-refractivity contribution in [1.29, 1.82) is 0 Å². The van der Waals surface area contributed by atoms with Gasteiger partial charge in [-0.3, -0.25) is 0 Å². The minimum Gasteiger partial charge on any atom is -0.392 e. The van der Waals surface area contributed by atoms with Gasteiger partial charge in [0.15, 0.2) is 0 Å². The molecule has 1 atom stereocenters. The molecule has 0 fully saturated rings. The molecule has 0 saturated heterocycles. The van der Waals surface area contributed by atoms with Crippen LogP contribution < -0.4 is 5.32 Å². The second-order valence-electron chi connectivity index (χ2n) is 3.32. The maximum atomic E-state index is 9.09. The summed E-state index contributed by atoms with van der Waals surface area (Å²) in [5, 5.41) is 12.4. The van der Waals surface area contributed by atoms with Gasteiger partial charge in [-0.25, -0.2) is 0 Å². The van der Waals surface area contributed by atoms with Crippen molar-refractivity contribution >= 4 is 5.69 Å². The first-order chi connectivity index (χ1) is 6.77. The summed E-state index contributed by atoms with van der Waals surface area (Å²) < 4.78 is 5.02. The van der Waals surface area contributed by atoms with E-state index in [-0.39, 0.29) is 12.6 Å². The molecule has 0 aromatic heterocycles. The first-order valence-corrected chi connectivity index (χ1v) is 4.72. The minimum absolute atomic E-state index is 0.0584. The lowest BCUT2D eigenvalue weighted by atomic mass is 10.1. The first kappa shape index (κ1) is 11.0. The van der Waals surface area contributed by atoms with Gasteiger partial charge in [0.25, 0.3) is 0 Å². The summed E-state index contributed by atoms with van der Waals surface area (Å²) in [6, 6.07) is 7.96. The molecule has 0 aliphatic heterocycles.